The molecule has 1 aromatic heterocycles. The molecule has 1 unspecified atom stereocenters. The lowest BCUT2D eigenvalue weighted by Crippen LogP contribution is -2.03. The molecule has 2 aromatic rings. The molecule has 0 N–H and O–H groups in total. The number of aromatic nitrogens is 2. The first kappa shape index (κ1) is 10.4. The summed E-state index contributed by atoms with van der Waals surface area (Å²) in [6, 6.07) is 6.80. The number of aldehydes is 1. The molecule has 0 saturated heterocycles. The van der Waals surface area contributed by atoms with Crippen LogP contribution >= 0.6 is 0 Å². The SMILES string of the molecule is CC(Oc1ccc(C=O)cc1)c1ncno1. The predicted octanol–water partition coefficient (Wildman–Crippen LogP) is 2.02. The summed E-state index contributed by atoms with van der Waals surface area (Å²) in [5.74, 6) is 1.07. The second kappa shape index (κ2) is 4.57. The molecule has 0 aliphatic carbocycles. The number of benzene rings is 1. The molecule has 0 fully saturated rings. The van der Waals surface area contributed by atoms with Crippen LogP contribution in [0.1, 0.15) is 29.3 Å². The Bertz CT molecular complexity index is 451. The van der Waals surface area contributed by atoms with Gasteiger partial charge in [0.15, 0.2) is 12.4 Å². The molecule has 0 radical (unpaired) electrons. The molecular weight excluding hydrogens is 208 g/mol. The fourth-order valence-corrected chi connectivity index (χ4v) is 1.24. The van der Waals surface area contributed by atoms with Crippen LogP contribution in [0.4, 0.5) is 0 Å². The normalized spacial score (nSPS) is 12.1. The Morgan fingerprint density at radius 2 is 2.12 bits per heavy atom. The molecule has 1 aromatic carbocycles. The molecule has 1 heterocycles. The summed E-state index contributed by atoms with van der Waals surface area (Å²) in [5, 5.41) is 3.50. The van der Waals surface area contributed by atoms with Gasteiger partial charge in [-0.3, -0.25) is 4.79 Å². The molecule has 0 spiro atoms. The lowest BCUT2D eigenvalue weighted by Gasteiger charge is -2.10. The zero-order valence-electron chi connectivity index (χ0n) is 8.66. The highest BCUT2D eigenvalue weighted by molar-refractivity contribution is 5.74. The molecular formula is C11H10N2O3. The van der Waals surface area contributed by atoms with E-state index in [2.05, 4.69) is 10.1 Å². The van der Waals surface area contributed by atoms with Crippen LogP contribution in [-0.4, -0.2) is 16.4 Å². The standard InChI is InChI=1S/C11H10N2O3/c1-8(11-12-7-13-16-11)15-10-4-2-9(6-14)3-5-10/h2-8H,1H3. The van der Waals surface area contributed by atoms with Crippen LogP contribution in [0.15, 0.2) is 35.1 Å². The van der Waals surface area contributed by atoms with Crippen LogP contribution in [0.5, 0.6) is 5.75 Å². The third kappa shape index (κ3) is 2.25. The maximum absolute atomic E-state index is 10.5. The molecule has 0 saturated carbocycles. The number of nitrogens with zero attached hydrogens (tertiary/aromatic N) is 2. The van der Waals surface area contributed by atoms with Crippen molar-refractivity contribution in [3.8, 4) is 5.75 Å². The molecule has 5 nitrogen and oxygen atoms in total. The van der Waals surface area contributed by atoms with Crippen LogP contribution in [0, 0.1) is 0 Å². The molecule has 0 aliphatic heterocycles. The first-order valence-corrected chi connectivity index (χ1v) is 4.78. The smallest absolute Gasteiger partial charge is 0.267 e. The van der Waals surface area contributed by atoms with Crippen molar-refractivity contribution in [2.45, 2.75) is 13.0 Å². The molecule has 0 aliphatic rings. The minimum atomic E-state index is -0.315. The highest BCUT2D eigenvalue weighted by Gasteiger charge is 2.12. The Morgan fingerprint density at radius 1 is 1.38 bits per heavy atom. The zero-order chi connectivity index (χ0) is 11.4. The third-order valence-electron chi connectivity index (χ3n) is 2.06. The Morgan fingerprint density at radius 3 is 2.69 bits per heavy atom. The largest absolute Gasteiger partial charge is 0.481 e. The topological polar surface area (TPSA) is 65.2 Å². The lowest BCUT2D eigenvalue weighted by molar-refractivity contribution is 0.112. The Kier molecular flexibility index (Phi) is 2.95. The number of hydrogen-bond acceptors (Lipinski definition) is 5. The number of carbonyl (C=O) groups is 1. The second-order valence-electron chi connectivity index (χ2n) is 3.23. The van der Waals surface area contributed by atoms with E-state index < -0.39 is 0 Å². The third-order valence-corrected chi connectivity index (χ3v) is 2.06. The monoisotopic (exact) mass is 218 g/mol. The van der Waals surface area contributed by atoms with Gasteiger partial charge in [-0.2, -0.15) is 4.98 Å². The van der Waals surface area contributed by atoms with E-state index in [1.54, 1.807) is 31.2 Å². The van der Waals surface area contributed by atoms with Gasteiger partial charge in [0.1, 0.15) is 12.0 Å². The van der Waals surface area contributed by atoms with E-state index in [-0.39, 0.29) is 6.10 Å². The predicted molar refractivity (Wildman–Crippen MR) is 55.2 cm³/mol. The summed E-state index contributed by atoms with van der Waals surface area (Å²) in [7, 11) is 0. The minimum Gasteiger partial charge on any atom is -0.481 e. The van der Waals surface area contributed by atoms with Gasteiger partial charge >= 0.3 is 0 Å². The number of hydrogen-bond donors (Lipinski definition) is 0. The van der Waals surface area contributed by atoms with Gasteiger partial charge in [-0.25, -0.2) is 0 Å². The number of ether oxygens (including phenoxy) is 1. The van der Waals surface area contributed by atoms with E-state index in [9.17, 15) is 4.79 Å². The fourth-order valence-electron chi connectivity index (χ4n) is 1.24. The van der Waals surface area contributed by atoms with Gasteiger partial charge in [0.2, 0.25) is 0 Å². The molecule has 1 atom stereocenters. The van der Waals surface area contributed by atoms with Gasteiger partial charge in [-0.15, -0.1) is 0 Å². The van der Waals surface area contributed by atoms with E-state index in [0.717, 1.165) is 6.29 Å². The summed E-state index contributed by atoms with van der Waals surface area (Å²) >= 11 is 0. The molecule has 2 rings (SSSR count). The van der Waals surface area contributed by atoms with Crippen molar-refractivity contribution in [3.05, 3.63) is 42.0 Å². The number of carbonyl (C=O) groups excluding carboxylic acids is 1. The number of rotatable bonds is 4. The molecule has 0 amide bonds. The summed E-state index contributed by atoms with van der Waals surface area (Å²) in [6.07, 6.45) is 1.79. The van der Waals surface area contributed by atoms with Gasteiger partial charge in [0.25, 0.3) is 5.89 Å². The van der Waals surface area contributed by atoms with Crippen molar-refractivity contribution in [1.29, 1.82) is 0 Å². The first-order valence-electron chi connectivity index (χ1n) is 4.78. The van der Waals surface area contributed by atoms with Crippen LogP contribution in [0.25, 0.3) is 0 Å². The molecule has 82 valence electrons. The molecule has 0 bridgehead atoms. The van der Waals surface area contributed by atoms with Crippen molar-refractivity contribution in [1.82, 2.24) is 10.1 Å². The van der Waals surface area contributed by atoms with Gasteiger partial charge in [-0.1, -0.05) is 5.16 Å². The van der Waals surface area contributed by atoms with Gasteiger partial charge in [0, 0.05) is 5.56 Å². The maximum atomic E-state index is 10.5. The maximum Gasteiger partial charge on any atom is 0.267 e. The Labute approximate surface area is 92.0 Å². The van der Waals surface area contributed by atoms with Crippen molar-refractivity contribution < 1.29 is 14.1 Å². The highest BCUT2D eigenvalue weighted by atomic mass is 16.5. The Balaban J connectivity index is 2.06. The quantitative estimate of drug-likeness (QED) is 0.734. The zero-order valence-corrected chi connectivity index (χ0v) is 8.66. The lowest BCUT2D eigenvalue weighted by atomic mass is 10.2. The van der Waals surface area contributed by atoms with E-state index >= 15 is 0 Å². The van der Waals surface area contributed by atoms with Gasteiger partial charge < -0.3 is 9.26 Å². The molecule has 5 heteroatoms. The van der Waals surface area contributed by atoms with Crippen LogP contribution < -0.4 is 4.74 Å². The van der Waals surface area contributed by atoms with Crippen LogP contribution in [0.2, 0.25) is 0 Å². The van der Waals surface area contributed by atoms with E-state index in [0.29, 0.717) is 17.2 Å². The van der Waals surface area contributed by atoms with Crippen molar-refractivity contribution in [2.75, 3.05) is 0 Å². The van der Waals surface area contributed by atoms with Crippen molar-refractivity contribution in [3.63, 3.8) is 0 Å². The second-order valence-corrected chi connectivity index (χ2v) is 3.23. The van der Waals surface area contributed by atoms with Crippen molar-refractivity contribution in [2.24, 2.45) is 0 Å². The first-order chi connectivity index (χ1) is 7.79. The van der Waals surface area contributed by atoms with E-state index in [1.807, 2.05) is 0 Å². The van der Waals surface area contributed by atoms with Crippen LogP contribution in [0.3, 0.4) is 0 Å². The van der Waals surface area contributed by atoms with Crippen molar-refractivity contribution >= 4 is 6.29 Å². The minimum absolute atomic E-state index is 0.315. The van der Waals surface area contributed by atoms with E-state index in [4.69, 9.17) is 9.26 Å². The van der Waals surface area contributed by atoms with Crippen LogP contribution in [-0.2, 0) is 0 Å². The van der Waals surface area contributed by atoms with E-state index in [1.165, 1.54) is 6.33 Å². The summed E-state index contributed by atoms with van der Waals surface area (Å²) in [6.45, 7) is 1.81. The molecule has 16 heavy (non-hydrogen) atoms. The summed E-state index contributed by atoms with van der Waals surface area (Å²) in [4.78, 5) is 14.3. The average Bonchev–Trinajstić information content (AvgIpc) is 2.83. The fraction of sp³-hybridized carbons (Fsp3) is 0.182. The van der Waals surface area contributed by atoms with Gasteiger partial charge in [-0.05, 0) is 31.2 Å². The van der Waals surface area contributed by atoms with Gasteiger partial charge in [0.05, 0.1) is 0 Å². The summed E-state index contributed by atoms with van der Waals surface area (Å²) < 4.78 is 10.4. The Hall–Kier alpha value is -2.17. The highest BCUT2D eigenvalue weighted by Crippen LogP contribution is 2.19. The summed E-state index contributed by atoms with van der Waals surface area (Å²) in [5.41, 5.74) is 0.609. The average molecular weight is 218 g/mol.